The number of nitrogens with zero attached hydrogens (tertiary/aromatic N) is 2. The van der Waals surface area contributed by atoms with Crippen LogP contribution in [0.5, 0.6) is 0 Å². The lowest BCUT2D eigenvalue weighted by atomic mass is 9.90. The zero-order valence-electron chi connectivity index (χ0n) is 14.0. The van der Waals surface area contributed by atoms with Crippen LogP contribution in [-0.4, -0.2) is 28.1 Å². The standard InChI is InChI=1S/C16H22N4O2.2ClH/c1-11(2)8-16(3,10-17)19-15(21)13-7-14(22-20-13)12-5-4-6-18-9-12;;/h4-7,9,11H,8,10,17H2,1-3H3,(H,19,21);2*1H. The highest BCUT2D eigenvalue weighted by molar-refractivity contribution is 5.93. The number of aromatic nitrogens is 2. The van der Waals surface area contributed by atoms with Gasteiger partial charge in [-0.15, -0.1) is 24.8 Å². The summed E-state index contributed by atoms with van der Waals surface area (Å²) in [5, 5.41) is 6.79. The van der Waals surface area contributed by atoms with Crippen molar-refractivity contribution in [3.05, 3.63) is 36.3 Å². The highest BCUT2D eigenvalue weighted by atomic mass is 35.5. The van der Waals surface area contributed by atoms with Crippen molar-refractivity contribution >= 4 is 30.7 Å². The molecule has 6 nitrogen and oxygen atoms in total. The summed E-state index contributed by atoms with van der Waals surface area (Å²) in [4.78, 5) is 16.4. The third-order valence-corrected chi connectivity index (χ3v) is 3.41. The second-order valence-electron chi connectivity index (χ2n) is 6.13. The first-order chi connectivity index (χ1) is 10.4. The molecule has 0 aliphatic heterocycles. The van der Waals surface area contributed by atoms with E-state index >= 15 is 0 Å². The molecule has 3 N–H and O–H groups in total. The molecule has 24 heavy (non-hydrogen) atoms. The molecule has 1 unspecified atom stereocenters. The number of nitrogens with two attached hydrogens (primary N) is 1. The van der Waals surface area contributed by atoms with Crippen LogP contribution in [0.3, 0.4) is 0 Å². The smallest absolute Gasteiger partial charge is 0.273 e. The van der Waals surface area contributed by atoms with Crippen LogP contribution in [0.4, 0.5) is 0 Å². The Balaban J connectivity index is 0.00000264. The van der Waals surface area contributed by atoms with Gasteiger partial charge in [0.15, 0.2) is 11.5 Å². The van der Waals surface area contributed by atoms with Gasteiger partial charge in [-0.2, -0.15) is 0 Å². The molecule has 0 aromatic carbocycles. The van der Waals surface area contributed by atoms with Crippen LogP contribution in [0.15, 0.2) is 35.1 Å². The minimum absolute atomic E-state index is 0. The van der Waals surface area contributed by atoms with Gasteiger partial charge in [0, 0.05) is 30.6 Å². The van der Waals surface area contributed by atoms with Crippen molar-refractivity contribution in [2.45, 2.75) is 32.7 Å². The summed E-state index contributed by atoms with van der Waals surface area (Å²) < 4.78 is 5.22. The van der Waals surface area contributed by atoms with E-state index < -0.39 is 5.54 Å². The van der Waals surface area contributed by atoms with E-state index in [1.54, 1.807) is 24.5 Å². The van der Waals surface area contributed by atoms with Gasteiger partial charge in [-0.1, -0.05) is 19.0 Å². The monoisotopic (exact) mass is 374 g/mol. The number of nitrogens with one attached hydrogen (secondary N) is 1. The Morgan fingerprint density at radius 1 is 1.42 bits per heavy atom. The third kappa shape index (κ3) is 5.78. The predicted octanol–water partition coefficient (Wildman–Crippen LogP) is 3.07. The molecule has 0 aliphatic rings. The summed E-state index contributed by atoms with van der Waals surface area (Å²) in [6.45, 7) is 6.49. The maximum Gasteiger partial charge on any atom is 0.273 e. The number of pyridine rings is 1. The lowest BCUT2D eigenvalue weighted by molar-refractivity contribution is 0.0889. The van der Waals surface area contributed by atoms with Gasteiger partial charge in [0.25, 0.3) is 5.91 Å². The quantitative estimate of drug-likeness (QED) is 0.809. The van der Waals surface area contributed by atoms with E-state index in [1.807, 2.05) is 13.0 Å². The van der Waals surface area contributed by atoms with E-state index in [2.05, 4.69) is 29.3 Å². The molecule has 0 saturated heterocycles. The fourth-order valence-corrected chi connectivity index (χ4v) is 2.45. The molecule has 0 radical (unpaired) electrons. The van der Waals surface area contributed by atoms with Crippen molar-refractivity contribution in [3.63, 3.8) is 0 Å². The number of hydrogen-bond donors (Lipinski definition) is 2. The van der Waals surface area contributed by atoms with Crippen LogP contribution in [0.2, 0.25) is 0 Å². The summed E-state index contributed by atoms with van der Waals surface area (Å²) in [5.74, 6) is 0.654. The average Bonchev–Trinajstić information content (AvgIpc) is 2.97. The molecular weight excluding hydrogens is 351 g/mol. The van der Waals surface area contributed by atoms with Gasteiger partial charge in [-0.25, -0.2) is 0 Å². The Morgan fingerprint density at radius 3 is 2.67 bits per heavy atom. The van der Waals surface area contributed by atoms with E-state index in [9.17, 15) is 4.79 Å². The number of carbonyl (C=O) groups excluding carboxylic acids is 1. The first-order valence-electron chi connectivity index (χ1n) is 7.33. The molecule has 0 aliphatic carbocycles. The second-order valence-corrected chi connectivity index (χ2v) is 6.13. The number of carbonyl (C=O) groups is 1. The molecular formula is C16H24Cl2N4O2. The van der Waals surface area contributed by atoms with Crippen LogP contribution >= 0.6 is 24.8 Å². The topological polar surface area (TPSA) is 94.0 Å². The fourth-order valence-electron chi connectivity index (χ4n) is 2.45. The second kappa shape index (κ2) is 9.61. The molecule has 0 saturated carbocycles. The fraction of sp³-hybridized carbons (Fsp3) is 0.438. The maximum absolute atomic E-state index is 12.3. The summed E-state index contributed by atoms with van der Waals surface area (Å²) in [7, 11) is 0. The van der Waals surface area contributed by atoms with Crippen molar-refractivity contribution in [2.24, 2.45) is 11.7 Å². The Morgan fingerprint density at radius 2 is 2.12 bits per heavy atom. The molecule has 0 spiro atoms. The molecule has 2 rings (SSSR count). The number of halogens is 2. The molecule has 2 aromatic heterocycles. The van der Waals surface area contributed by atoms with Crippen molar-refractivity contribution in [1.82, 2.24) is 15.5 Å². The van der Waals surface area contributed by atoms with Gasteiger partial charge in [0.1, 0.15) is 0 Å². The number of hydrogen-bond acceptors (Lipinski definition) is 5. The van der Waals surface area contributed by atoms with E-state index in [4.69, 9.17) is 10.3 Å². The molecule has 1 amide bonds. The molecule has 1 atom stereocenters. The zero-order chi connectivity index (χ0) is 16.2. The van der Waals surface area contributed by atoms with Crippen LogP contribution in [0.1, 0.15) is 37.7 Å². The average molecular weight is 375 g/mol. The van der Waals surface area contributed by atoms with Gasteiger partial charge in [-0.3, -0.25) is 9.78 Å². The van der Waals surface area contributed by atoms with Gasteiger partial charge in [-0.05, 0) is 31.4 Å². The Kier molecular flexibility index (Phi) is 8.96. The molecule has 134 valence electrons. The lowest BCUT2D eigenvalue weighted by Crippen LogP contribution is -2.52. The highest BCUT2D eigenvalue weighted by Crippen LogP contribution is 2.20. The molecule has 8 heteroatoms. The Labute approximate surface area is 154 Å². The Hall–Kier alpha value is -1.63. The first-order valence-corrected chi connectivity index (χ1v) is 7.33. The predicted molar refractivity (Wildman–Crippen MR) is 98.6 cm³/mol. The number of amides is 1. The minimum Gasteiger partial charge on any atom is -0.355 e. The highest BCUT2D eigenvalue weighted by Gasteiger charge is 2.27. The molecule has 0 bridgehead atoms. The van der Waals surface area contributed by atoms with Crippen molar-refractivity contribution in [3.8, 4) is 11.3 Å². The van der Waals surface area contributed by atoms with Crippen LogP contribution in [0, 0.1) is 5.92 Å². The van der Waals surface area contributed by atoms with Gasteiger partial charge in [0.05, 0.1) is 5.54 Å². The van der Waals surface area contributed by atoms with Crippen LogP contribution in [-0.2, 0) is 0 Å². The maximum atomic E-state index is 12.3. The third-order valence-electron chi connectivity index (χ3n) is 3.41. The Bertz CT molecular complexity index is 634. The lowest BCUT2D eigenvalue weighted by Gasteiger charge is -2.30. The SMILES string of the molecule is CC(C)CC(C)(CN)NC(=O)c1cc(-c2cccnc2)on1.Cl.Cl. The van der Waals surface area contributed by atoms with E-state index in [-0.39, 0.29) is 36.4 Å². The summed E-state index contributed by atoms with van der Waals surface area (Å²) >= 11 is 0. The van der Waals surface area contributed by atoms with Crippen molar-refractivity contribution in [1.29, 1.82) is 0 Å². The van der Waals surface area contributed by atoms with Crippen molar-refractivity contribution in [2.75, 3.05) is 6.54 Å². The largest absolute Gasteiger partial charge is 0.355 e. The normalized spacial score (nSPS) is 12.7. The van der Waals surface area contributed by atoms with Gasteiger partial charge >= 0.3 is 0 Å². The first kappa shape index (κ1) is 22.4. The van der Waals surface area contributed by atoms with Crippen LogP contribution < -0.4 is 11.1 Å². The summed E-state index contributed by atoms with van der Waals surface area (Å²) in [5.41, 5.74) is 6.37. The van der Waals surface area contributed by atoms with E-state index in [0.717, 1.165) is 12.0 Å². The molecule has 2 aromatic rings. The van der Waals surface area contributed by atoms with Crippen LogP contribution in [0.25, 0.3) is 11.3 Å². The van der Waals surface area contributed by atoms with Gasteiger partial charge in [0.2, 0.25) is 0 Å². The van der Waals surface area contributed by atoms with E-state index in [1.165, 1.54) is 0 Å². The molecule has 2 heterocycles. The molecule has 0 fully saturated rings. The minimum atomic E-state index is -0.460. The van der Waals surface area contributed by atoms with Gasteiger partial charge < -0.3 is 15.6 Å². The van der Waals surface area contributed by atoms with Crippen molar-refractivity contribution < 1.29 is 9.32 Å². The summed E-state index contributed by atoms with van der Waals surface area (Å²) in [6, 6.07) is 5.25. The van der Waals surface area contributed by atoms with E-state index in [0.29, 0.717) is 18.2 Å². The zero-order valence-corrected chi connectivity index (χ0v) is 15.6. The number of rotatable bonds is 6. The summed E-state index contributed by atoms with van der Waals surface area (Å²) in [6.07, 6.45) is 4.12.